The molecule has 3 aliphatic rings. The van der Waals surface area contributed by atoms with Crippen molar-refractivity contribution in [2.75, 3.05) is 26.2 Å². The van der Waals surface area contributed by atoms with Crippen molar-refractivity contribution < 1.29 is 4.79 Å². The SMILES string of the molecule is O=C1N(C2CCCC2)CCN1C1CCNC1. The minimum Gasteiger partial charge on any atom is -0.320 e. The maximum Gasteiger partial charge on any atom is 0.320 e. The lowest BCUT2D eigenvalue weighted by molar-refractivity contribution is 0.168. The molecule has 2 saturated heterocycles. The van der Waals surface area contributed by atoms with Crippen molar-refractivity contribution in [3.8, 4) is 0 Å². The van der Waals surface area contributed by atoms with Gasteiger partial charge in [0.2, 0.25) is 0 Å². The standard InChI is InChI=1S/C12H21N3O/c16-12-14(10-3-1-2-4-10)7-8-15(12)11-5-6-13-9-11/h10-11,13H,1-9H2. The van der Waals surface area contributed by atoms with Crippen LogP contribution in [0.4, 0.5) is 4.79 Å². The Kier molecular flexibility index (Phi) is 2.75. The van der Waals surface area contributed by atoms with Crippen LogP contribution >= 0.6 is 0 Å². The highest BCUT2D eigenvalue weighted by Crippen LogP contribution is 2.27. The third-order valence-electron chi connectivity index (χ3n) is 4.31. The first kappa shape index (κ1) is 10.4. The van der Waals surface area contributed by atoms with Crippen LogP contribution in [0.25, 0.3) is 0 Å². The third-order valence-corrected chi connectivity index (χ3v) is 4.31. The molecule has 0 bridgehead atoms. The second-order valence-corrected chi connectivity index (χ2v) is 5.25. The van der Waals surface area contributed by atoms with Crippen LogP contribution in [-0.2, 0) is 0 Å². The second kappa shape index (κ2) is 4.24. The number of carbonyl (C=O) groups excluding carboxylic acids is 1. The van der Waals surface area contributed by atoms with Gasteiger partial charge in [0.15, 0.2) is 0 Å². The summed E-state index contributed by atoms with van der Waals surface area (Å²) in [6.45, 7) is 3.96. The van der Waals surface area contributed by atoms with Gasteiger partial charge in [-0.3, -0.25) is 0 Å². The fourth-order valence-corrected chi connectivity index (χ4v) is 3.37. The van der Waals surface area contributed by atoms with E-state index in [-0.39, 0.29) is 0 Å². The molecule has 0 spiro atoms. The van der Waals surface area contributed by atoms with Gasteiger partial charge in [-0.05, 0) is 25.8 Å². The average Bonchev–Trinajstić information content (AvgIpc) is 2.96. The third kappa shape index (κ3) is 1.69. The Morgan fingerprint density at radius 1 is 1.00 bits per heavy atom. The summed E-state index contributed by atoms with van der Waals surface area (Å²) in [6, 6.07) is 1.31. The Morgan fingerprint density at radius 2 is 1.69 bits per heavy atom. The maximum atomic E-state index is 12.3. The molecule has 90 valence electrons. The highest BCUT2D eigenvalue weighted by Gasteiger charge is 2.38. The molecule has 0 aromatic carbocycles. The summed E-state index contributed by atoms with van der Waals surface area (Å²) in [7, 11) is 0. The molecular weight excluding hydrogens is 202 g/mol. The number of hydrogen-bond donors (Lipinski definition) is 1. The number of rotatable bonds is 2. The molecule has 1 N–H and O–H groups in total. The molecule has 3 fully saturated rings. The van der Waals surface area contributed by atoms with Gasteiger partial charge in [-0.15, -0.1) is 0 Å². The predicted molar refractivity (Wildman–Crippen MR) is 62.3 cm³/mol. The highest BCUT2D eigenvalue weighted by atomic mass is 16.2. The van der Waals surface area contributed by atoms with Gasteiger partial charge in [0.1, 0.15) is 0 Å². The Bertz CT molecular complexity index is 243. The Labute approximate surface area is 97.0 Å². The minimum atomic E-state index is 0.306. The van der Waals surface area contributed by atoms with Crippen molar-refractivity contribution in [3.63, 3.8) is 0 Å². The molecule has 3 rings (SSSR count). The summed E-state index contributed by atoms with van der Waals surface area (Å²) in [5.74, 6) is 0. The Balaban J connectivity index is 1.64. The molecule has 4 nitrogen and oxygen atoms in total. The quantitative estimate of drug-likeness (QED) is 0.759. The van der Waals surface area contributed by atoms with Crippen LogP contribution in [0, 0.1) is 0 Å². The first-order chi connectivity index (χ1) is 7.86. The van der Waals surface area contributed by atoms with Gasteiger partial charge in [0.25, 0.3) is 0 Å². The van der Waals surface area contributed by atoms with E-state index in [0.717, 1.165) is 32.6 Å². The second-order valence-electron chi connectivity index (χ2n) is 5.25. The summed E-state index contributed by atoms with van der Waals surface area (Å²) in [5, 5.41) is 3.34. The van der Waals surface area contributed by atoms with E-state index in [0.29, 0.717) is 18.1 Å². The summed E-state index contributed by atoms with van der Waals surface area (Å²) >= 11 is 0. The molecule has 1 saturated carbocycles. The van der Waals surface area contributed by atoms with E-state index in [4.69, 9.17) is 0 Å². The molecule has 2 amide bonds. The molecule has 4 heteroatoms. The Hall–Kier alpha value is -0.770. The van der Waals surface area contributed by atoms with Crippen molar-refractivity contribution in [1.82, 2.24) is 15.1 Å². The van der Waals surface area contributed by atoms with E-state index in [1.807, 2.05) is 0 Å². The van der Waals surface area contributed by atoms with Gasteiger partial charge in [-0.2, -0.15) is 0 Å². The van der Waals surface area contributed by atoms with Gasteiger partial charge in [-0.1, -0.05) is 12.8 Å². The van der Waals surface area contributed by atoms with E-state index in [9.17, 15) is 4.79 Å². The van der Waals surface area contributed by atoms with E-state index in [1.54, 1.807) is 0 Å². The number of urea groups is 1. The fraction of sp³-hybridized carbons (Fsp3) is 0.917. The summed E-state index contributed by atoms with van der Waals surface area (Å²) in [4.78, 5) is 16.5. The van der Waals surface area contributed by atoms with Gasteiger partial charge in [-0.25, -0.2) is 4.79 Å². The topological polar surface area (TPSA) is 35.6 Å². The smallest absolute Gasteiger partial charge is 0.320 e. The van der Waals surface area contributed by atoms with E-state index in [1.165, 1.54) is 25.7 Å². The number of nitrogens with zero attached hydrogens (tertiary/aromatic N) is 2. The summed E-state index contributed by atoms with van der Waals surface area (Å²) in [6.07, 6.45) is 6.19. The van der Waals surface area contributed by atoms with Gasteiger partial charge in [0, 0.05) is 31.7 Å². The Morgan fingerprint density at radius 3 is 2.31 bits per heavy atom. The minimum absolute atomic E-state index is 0.306. The van der Waals surface area contributed by atoms with Crippen LogP contribution in [0.3, 0.4) is 0 Å². The first-order valence-electron chi connectivity index (χ1n) is 6.64. The van der Waals surface area contributed by atoms with E-state index in [2.05, 4.69) is 15.1 Å². The van der Waals surface area contributed by atoms with Crippen LogP contribution in [0.15, 0.2) is 0 Å². The number of nitrogens with one attached hydrogen (secondary N) is 1. The monoisotopic (exact) mass is 223 g/mol. The lowest BCUT2D eigenvalue weighted by Crippen LogP contribution is -2.42. The van der Waals surface area contributed by atoms with E-state index >= 15 is 0 Å². The van der Waals surface area contributed by atoms with Crippen LogP contribution < -0.4 is 5.32 Å². The molecule has 2 heterocycles. The summed E-state index contributed by atoms with van der Waals surface area (Å²) < 4.78 is 0. The maximum absolute atomic E-state index is 12.3. The molecule has 0 radical (unpaired) electrons. The van der Waals surface area contributed by atoms with Crippen molar-refractivity contribution in [2.45, 2.75) is 44.2 Å². The molecule has 2 aliphatic heterocycles. The van der Waals surface area contributed by atoms with Crippen molar-refractivity contribution in [2.24, 2.45) is 0 Å². The molecular formula is C12H21N3O. The van der Waals surface area contributed by atoms with Crippen molar-refractivity contribution in [1.29, 1.82) is 0 Å². The number of carbonyl (C=O) groups is 1. The number of amides is 2. The summed E-state index contributed by atoms with van der Waals surface area (Å²) in [5.41, 5.74) is 0. The highest BCUT2D eigenvalue weighted by molar-refractivity contribution is 5.77. The van der Waals surface area contributed by atoms with Crippen LogP contribution in [0.2, 0.25) is 0 Å². The molecule has 0 aromatic rings. The first-order valence-corrected chi connectivity index (χ1v) is 6.64. The molecule has 16 heavy (non-hydrogen) atoms. The van der Waals surface area contributed by atoms with Gasteiger partial charge >= 0.3 is 6.03 Å². The zero-order valence-electron chi connectivity index (χ0n) is 9.82. The lowest BCUT2D eigenvalue weighted by atomic mass is 10.2. The van der Waals surface area contributed by atoms with Crippen LogP contribution in [0.5, 0.6) is 0 Å². The van der Waals surface area contributed by atoms with Gasteiger partial charge < -0.3 is 15.1 Å². The zero-order chi connectivity index (χ0) is 11.0. The zero-order valence-corrected chi connectivity index (χ0v) is 9.82. The normalized spacial score (nSPS) is 32.0. The average molecular weight is 223 g/mol. The lowest BCUT2D eigenvalue weighted by Gasteiger charge is -2.26. The van der Waals surface area contributed by atoms with E-state index < -0.39 is 0 Å². The molecule has 0 aromatic heterocycles. The van der Waals surface area contributed by atoms with Gasteiger partial charge in [0.05, 0.1) is 0 Å². The molecule has 1 aliphatic carbocycles. The van der Waals surface area contributed by atoms with Crippen LogP contribution in [-0.4, -0.2) is 54.1 Å². The van der Waals surface area contributed by atoms with Crippen molar-refractivity contribution >= 4 is 6.03 Å². The number of hydrogen-bond acceptors (Lipinski definition) is 2. The molecule has 1 unspecified atom stereocenters. The largest absolute Gasteiger partial charge is 0.320 e. The fourth-order valence-electron chi connectivity index (χ4n) is 3.37. The molecule has 1 atom stereocenters. The predicted octanol–water partition coefficient (Wildman–Crippen LogP) is 1.03. The van der Waals surface area contributed by atoms with Crippen LogP contribution in [0.1, 0.15) is 32.1 Å². The van der Waals surface area contributed by atoms with Crippen molar-refractivity contribution in [3.05, 3.63) is 0 Å².